The number of piperidine rings is 1. The molecule has 1 aromatic carbocycles. The zero-order valence-electron chi connectivity index (χ0n) is 11.8. The highest BCUT2D eigenvalue weighted by Gasteiger charge is 2.25. The third kappa shape index (κ3) is 3.34. The molecule has 1 aromatic rings. The van der Waals surface area contributed by atoms with Gasteiger partial charge >= 0.3 is 5.97 Å². The summed E-state index contributed by atoms with van der Waals surface area (Å²) < 4.78 is 0. The Kier molecular flexibility index (Phi) is 4.71. The maximum atomic E-state index is 10.7. The van der Waals surface area contributed by atoms with Crippen LogP contribution < -0.4 is 4.90 Å². The number of hydrogen-bond acceptors (Lipinski definition) is 2. The minimum atomic E-state index is -0.948. The molecular weight excluding hydrogens is 274 g/mol. The molecule has 1 fully saturated rings. The van der Waals surface area contributed by atoms with Crippen molar-refractivity contribution in [3.05, 3.63) is 34.9 Å². The van der Waals surface area contributed by atoms with Gasteiger partial charge in [0.2, 0.25) is 0 Å². The van der Waals surface area contributed by atoms with Gasteiger partial charge in [0.25, 0.3) is 0 Å². The topological polar surface area (TPSA) is 40.5 Å². The van der Waals surface area contributed by atoms with Gasteiger partial charge < -0.3 is 10.0 Å². The normalized spacial score (nSPS) is 23.2. The van der Waals surface area contributed by atoms with Gasteiger partial charge in [-0.1, -0.05) is 18.5 Å². The van der Waals surface area contributed by atoms with E-state index in [1.807, 2.05) is 18.2 Å². The summed E-state index contributed by atoms with van der Waals surface area (Å²) in [6, 6.07) is 6.11. The lowest BCUT2D eigenvalue weighted by Crippen LogP contribution is -2.42. The van der Waals surface area contributed by atoms with Crippen molar-refractivity contribution >= 4 is 29.3 Å². The third-order valence-electron chi connectivity index (χ3n) is 4.08. The number of benzene rings is 1. The van der Waals surface area contributed by atoms with Crippen molar-refractivity contribution in [2.75, 3.05) is 11.4 Å². The highest BCUT2D eigenvalue weighted by Crippen LogP contribution is 2.32. The van der Waals surface area contributed by atoms with Crippen LogP contribution in [0.3, 0.4) is 0 Å². The van der Waals surface area contributed by atoms with E-state index >= 15 is 0 Å². The molecule has 2 unspecified atom stereocenters. The van der Waals surface area contributed by atoms with Crippen molar-refractivity contribution < 1.29 is 9.90 Å². The Hall–Kier alpha value is -1.48. The summed E-state index contributed by atoms with van der Waals surface area (Å²) in [5, 5.41) is 9.43. The Morgan fingerprint density at radius 1 is 1.45 bits per heavy atom. The Labute approximate surface area is 124 Å². The van der Waals surface area contributed by atoms with E-state index < -0.39 is 5.97 Å². The number of anilines is 1. The molecule has 2 atom stereocenters. The van der Waals surface area contributed by atoms with Gasteiger partial charge in [-0.15, -0.1) is 0 Å². The lowest BCUT2D eigenvalue weighted by molar-refractivity contribution is -0.131. The molecule has 1 N–H and O–H groups in total. The van der Waals surface area contributed by atoms with Crippen LogP contribution >= 0.6 is 11.6 Å². The fraction of sp³-hybridized carbons (Fsp3) is 0.438. The van der Waals surface area contributed by atoms with Gasteiger partial charge in [-0.2, -0.15) is 0 Å². The summed E-state index contributed by atoms with van der Waals surface area (Å²) >= 11 is 6.04. The van der Waals surface area contributed by atoms with Gasteiger partial charge in [-0.05, 0) is 55.5 Å². The molecule has 108 valence electrons. The van der Waals surface area contributed by atoms with Crippen LogP contribution in [0.2, 0.25) is 5.02 Å². The fourth-order valence-corrected chi connectivity index (χ4v) is 2.94. The van der Waals surface area contributed by atoms with E-state index in [0.29, 0.717) is 17.0 Å². The van der Waals surface area contributed by atoms with Gasteiger partial charge in [-0.3, -0.25) is 0 Å². The predicted octanol–water partition coefficient (Wildman–Crippen LogP) is 4.06. The van der Waals surface area contributed by atoms with E-state index in [2.05, 4.69) is 18.7 Å². The molecule has 2 rings (SSSR count). The molecule has 4 heteroatoms. The molecular formula is C16H20ClNO2. The molecule has 0 saturated carbocycles. The van der Waals surface area contributed by atoms with E-state index in [1.54, 1.807) is 6.08 Å². The van der Waals surface area contributed by atoms with Crippen LogP contribution in [0.5, 0.6) is 0 Å². The van der Waals surface area contributed by atoms with Crippen LogP contribution in [-0.2, 0) is 4.79 Å². The summed E-state index contributed by atoms with van der Waals surface area (Å²) in [5.74, 6) is -0.313. The molecule has 20 heavy (non-hydrogen) atoms. The standard InChI is InChI=1S/C16H20ClNO2/c1-11-4-3-9-18(12(11)2)15-7-6-14(17)10-13(15)5-8-16(19)20/h5-8,10-12H,3-4,9H2,1-2H3,(H,19,20)/b8-5+. The fourth-order valence-electron chi connectivity index (χ4n) is 2.76. The van der Waals surface area contributed by atoms with E-state index in [0.717, 1.165) is 30.3 Å². The van der Waals surface area contributed by atoms with Gasteiger partial charge in [0.1, 0.15) is 0 Å². The first kappa shape index (κ1) is 14.9. The lowest BCUT2D eigenvalue weighted by Gasteiger charge is -2.40. The molecule has 1 aliphatic rings. The molecule has 0 radical (unpaired) electrons. The summed E-state index contributed by atoms with van der Waals surface area (Å²) in [6.45, 7) is 5.49. The molecule has 0 amide bonds. The van der Waals surface area contributed by atoms with Crippen LogP contribution in [0.15, 0.2) is 24.3 Å². The number of aliphatic carboxylic acids is 1. The van der Waals surface area contributed by atoms with Gasteiger partial charge in [0, 0.05) is 29.4 Å². The van der Waals surface area contributed by atoms with Crippen molar-refractivity contribution in [2.24, 2.45) is 5.92 Å². The zero-order chi connectivity index (χ0) is 14.7. The lowest BCUT2D eigenvalue weighted by atomic mass is 9.91. The SMILES string of the molecule is CC1CCCN(c2ccc(Cl)cc2/C=C/C(=O)O)C1C. The molecule has 0 aromatic heterocycles. The molecule has 0 aliphatic carbocycles. The van der Waals surface area contributed by atoms with Crippen molar-refractivity contribution in [1.82, 2.24) is 0 Å². The number of carboxylic acids is 1. The van der Waals surface area contributed by atoms with Gasteiger partial charge in [0.15, 0.2) is 0 Å². The summed E-state index contributed by atoms with van der Waals surface area (Å²) in [6.07, 6.45) is 5.19. The Morgan fingerprint density at radius 3 is 2.90 bits per heavy atom. The first-order chi connectivity index (χ1) is 9.49. The maximum Gasteiger partial charge on any atom is 0.328 e. The van der Waals surface area contributed by atoms with E-state index in [1.165, 1.54) is 6.42 Å². The molecule has 0 spiro atoms. The molecule has 0 bridgehead atoms. The Morgan fingerprint density at radius 2 is 2.20 bits per heavy atom. The third-order valence-corrected chi connectivity index (χ3v) is 4.31. The predicted molar refractivity (Wildman–Crippen MR) is 83.3 cm³/mol. The number of carbonyl (C=O) groups is 1. The second kappa shape index (κ2) is 6.31. The number of rotatable bonds is 3. The van der Waals surface area contributed by atoms with Crippen molar-refractivity contribution in [1.29, 1.82) is 0 Å². The minimum absolute atomic E-state index is 0.446. The van der Waals surface area contributed by atoms with E-state index in [4.69, 9.17) is 16.7 Å². The maximum absolute atomic E-state index is 10.7. The smallest absolute Gasteiger partial charge is 0.328 e. The molecule has 1 heterocycles. The second-order valence-corrected chi connectivity index (χ2v) is 5.86. The van der Waals surface area contributed by atoms with E-state index in [-0.39, 0.29) is 0 Å². The molecule has 1 saturated heterocycles. The first-order valence-corrected chi connectivity index (χ1v) is 7.34. The van der Waals surface area contributed by atoms with Gasteiger partial charge in [0.05, 0.1) is 0 Å². The number of carboxylic acid groups (broad SMARTS) is 1. The van der Waals surface area contributed by atoms with Crippen LogP contribution in [0.25, 0.3) is 6.08 Å². The monoisotopic (exact) mass is 293 g/mol. The number of halogens is 1. The highest BCUT2D eigenvalue weighted by molar-refractivity contribution is 6.30. The van der Waals surface area contributed by atoms with Crippen molar-refractivity contribution in [3.63, 3.8) is 0 Å². The van der Waals surface area contributed by atoms with Crippen LogP contribution in [0, 0.1) is 5.92 Å². The molecule has 1 aliphatic heterocycles. The van der Waals surface area contributed by atoms with Crippen LogP contribution in [-0.4, -0.2) is 23.7 Å². The average molecular weight is 294 g/mol. The first-order valence-electron chi connectivity index (χ1n) is 6.96. The molecule has 3 nitrogen and oxygen atoms in total. The number of hydrogen-bond donors (Lipinski definition) is 1. The van der Waals surface area contributed by atoms with Crippen molar-refractivity contribution in [2.45, 2.75) is 32.7 Å². The highest BCUT2D eigenvalue weighted by atomic mass is 35.5. The average Bonchev–Trinajstić information content (AvgIpc) is 2.40. The Balaban J connectivity index is 2.37. The zero-order valence-corrected chi connectivity index (χ0v) is 12.6. The largest absolute Gasteiger partial charge is 0.478 e. The van der Waals surface area contributed by atoms with Crippen LogP contribution in [0.1, 0.15) is 32.3 Å². The minimum Gasteiger partial charge on any atom is -0.478 e. The van der Waals surface area contributed by atoms with E-state index in [9.17, 15) is 4.79 Å². The van der Waals surface area contributed by atoms with Crippen LogP contribution in [0.4, 0.5) is 5.69 Å². The second-order valence-electron chi connectivity index (χ2n) is 5.43. The summed E-state index contributed by atoms with van der Waals surface area (Å²) in [4.78, 5) is 13.1. The number of nitrogens with zero attached hydrogens (tertiary/aromatic N) is 1. The summed E-state index contributed by atoms with van der Waals surface area (Å²) in [5.41, 5.74) is 1.92. The Bertz CT molecular complexity index is 527. The quantitative estimate of drug-likeness (QED) is 0.854. The summed E-state index contributed by atoms with van der Waals surface area (Å²) in [7, 11) is 0. The van der Waals surface area contributed by atoms with Crippen molar-refractivity contribution in [3.8, 4) is 0 Å². The van der Waals surface area contributed by atoms with Gasteiger partial charge in [-0.25, -0.2) is 4.79 Å².